The van der Waals surface area contributed by atoms with E-state index in [4.69, 9.17) is 5.73 Å². The van der Waals surface area contributed by atoms with Crippen LogP contribution in [0.2, 0.25) is 0 Å². The first-order chi connectivity index (χ1) is 16.8. The van der Waals surface area contributed by atoms with E-state index in [0.717, 1.165) is 41.8 Å². The first kappa shape index (κ1) is 24.8. The molecule has 4 N–H and O–H groups in total. The smallest absolute Gasteiger partial charge is 0.240 e. The number of nitrogens with zero attached hydrogens (tertiary/aromatic N) is 1. The van der Waals surface area contributed by atoms with Gasteiger partial charge in [0.2, 0.25) is 5.91 Å². The van der Waals surface area contributed by atoms with E-state index in [9.17, 15) is 9.90 Å². The summed E-state index contributed by atoms with van der Waals surface area (Å²) in [5.74, 6) is 0.277. The van der Waals surface area contributed by atoms with Crippen molar-refractivity contribution in [1.29, 1.82) is 0 Å². The van der Waals surface area contributed by atoms with Crippen molar-refractivity contribution in [3.8, 4) is 5.75 Å². The van der Waals surface area contributed by atoms with Gasteiger partial charge in [0, 0.05) is 18.8 Å². The molecular weight excluding hydrogens is 434 g/mol. The van der Waals surface area contributed by atoms with Gasteiger partial charge in [-0.1, -0.05) is 42.0 Å². The van der Waals surface area contributed by atoms with E-state index < -0.39 is 6.04 Å². The Morgan fingerprint density at radius 2 is 1.80 bits per heavy atom. The zero-order valence-corrected chi connectivity index (χ0v) is 21.3. The number of carbonyl (C=O) groups is 1. The van der Waals surface area contributed by atoms with Gasteiger partial charge in [-0.05, 0) is 98.5 Å². The summed E-state index contributed by atoms with van der Waals surface area (Å²) in [5.41, 5.74) is 15.8. The molecule has 3 aromatic carbocycles. The van der Waals surface area contributed by atoms with Gasteiger partial charge in [0.25, 0.3) is 0 Å². The number of benzene rings is 3. The fourth-order valence-electron chi connectivity index (χ4n) is 5.47. The maximum absolute atomic E-state index is 13.6. The molecule has 1 aliphatic heterocycles. The summed E-state index contributed by atoms with van der Waals surface area (Å²) in [6, 6.07) is 17.5. The molecule has 0 aromatic heterocycles. The Hall–Kier alpha value is -3.31. The summed E-state index contributed by atoms with van der Waals surface area (Å²) in [4.78, 5) is 15.6. The quantitative estimate of drug-likeness (QED) is 0.443. The topological polar surface area (TPSA) is 78.6 Å². The summed E-state index contributed by atoms with van der Waals surface area (Å²) in [6.45, 7) is 9.75. The summed E-state index contributed by atoms with van der Waals surface area (Å²) < 4.78 is 0. The largest absolute Gasteiger partial charge is 0.508 e. The average Bonchev–Trinajstić information content (AvgIpc) is 2.82. The normalized spacial score (nSPS) is 15.7. The number of hydrogen-bond acceptors (Lipinski definition) is 4. The highest BCUT2D eigenvalue weighted by molar-refractivity contribution is 5.83. The highest BCUT2D eigenvalue weighted by Crippen LogP contribution is 2.36. The van der Waals surface area contributed by atoms with E-state index in [0.29, 0.717) is 13.0 Å². The third kappa shape index (κ3) is 5.51. The van der Waals surface area contributed by atoms with Crippen molar-refractivity contribution in [2.24, 2.45) is 5.73 Å². The van der Waals surface area contributed by atoms with Gasteiger partial charge in [-0.15, -0.1) is 0 Å². The zero-order valence-electron chi connectivity index (χ0n) is 21.3. The molecule has 1 amide bonds. The lowest BCUT2D eigenvalue weighted by Gasteiger charge is -2.37. The molecule has 0 saturated carbocycles. The van der Waals surface area contributed by atoms with Crippen LogP contribution in [0.25, 0.3) is 0 Å². The number of carbonyl (C=O) groups excluding carboxylic acids is 1. The number of nitrogens with one attached hydrogen (secondary N) is 1. The zero-order chi connectivity index (χ0) is 25.1. The van der Waals surface area contributed by atoms with Crippen molar-refractivity contribution in [2.75, 3.05) is 18.4 Å². The van der Waals surface area contributed by atoms with E-state index in [1.54, 1.807) is 12.1 Å². The molecule has 2 unspecified atom stereocenters. The van der Waals surface area contributed by atoms with Crippen LogP contribution >= 0.6 is 0 Å². The number of rotatable bonds is 7. The maximum atomic E-state index is 13.6. The van der Waals surface area contributed by atoms with Crippen molar-refractivity contribution in [1.82, 2.24) is 4.90 Å². The minimum atomic E-state index is -0.580. The molecule has 4 rings (SSSR count). The number of fused-ring (bicyclic) bond motifs is 1. The minimum Gasteiger partial charge on any atom is -0.508 e. The molecule has 5 nitrogen and oxygen atoms in total. The standard InChI is InChI=1S/C30H37N3O2/c1-5-33(30(35)27(31)18-25-20(3)13-19(2)14-21(25)4)29-11-12-32-28-10-9-23(17-26(28)29)15-22-7-6-8-24(34)16-22/h6-10,13-14,16-17,27,29,32,34H,5,11-12,15,18,31H2,1-4H3. The Morgan fingerprint density at radius 3 is 2.49 bits per heavy atom. The van der Waals surface area contributed by atoms with E-state index in [2.05, 4.69) is 56.4 Å². The van der Waals surface area contributed by atoms with Crippen LogP contribution in [0, 0.1) is 20.8 Å². The maximum Gasteiger partial charge on any atom is 0.240 e. The van der Waals surface area contributed by atoms with Gasteiger partial charge >= 0.3 is 0 Å². The Bertz CT molecular complexity index is 1200. The lowest BCUT2D eigenvalue weighted by molar-refractivity contribution is -0.135. The molecule has 0 bridgehead atoms. The number of amides is 1. The molecule has 35 heavy (non-hydrogen) atoms. The van der Waals surface area contributed by atoms with Crippen LogP contribution in [0.3, 0.4) is 0 Å². The van der Waals surface area contributed by atoms with Gasteiger partial charge in [-0.25, -0.2) is 0 Å². The van der Waals surface area contributed by atoms with Gasteiger partial charge in [0.1, 0.15) is 5.75 Å². The molecule has 3 aromatic rings. The number of phenolic OH excluding ortho intramolecular Hbond substituents is 1. The Morgan fingerprint density at radius 1 is 1.09 bits per heavy atom. The predicted octanol–water partition coefficient (Wildman–Crippen LogP) is 5.18. The minimum absolute atomic E-state index is 0.00288. The third-order valence-electron chi connectivity index (χ3n) is 7.11. The van der Waals surface area contributed by atoms with Crippen LogP contribution < -0.4 is 11.1 Å². The molecule has 1 aliphatic rings. The fraction of sp³-hybridized carbons (Fsp3) is 0.367. The first-order valence-electron chi connectivity index (χ1n) is 12.5. The van der Waals surface area contributed by atoms with Gasteiger partial charge in [-0.3, -0.25) is 4.79 Å². The van der Waals surface area contributed by atoms with Gasteiger partial charge in [0.05, 0.1) is 12.1 Å². The van der Waals surface area contributed by atoms with Crippen molar-refractivity contribution in [3.63, 3.8) is 0 Å². The van der Waals surface area contributed by atoms with Crippen molar-refractivity contribution in [2.45, 2.75) is 59.0 Å². The lowest BCUT2D eigenvalue weighted by atomic mass is 9.91. The monoisotopic (exact) mass is 471 g/mol. The van der Waals surface area contributed by atoms with E-state index in [1.807, 2.05) is 24.0 Å². The van der Waals surface area contributed by atoms with Crippen LogP contribution in [0.5, 0.6) is 5.75 Å². The summed E-state index contributed by atoms with van der Waals surface area (Å²) in [5, 5.41) is 13.3. The molecule has 2 atom stereocenters. The van der Waals surface area contributed by atoms with Crippen LogP contribution in [-0.2, 0) is 17.6 Å². The summed E-state index contributed by atoms with van der Waals surface area (Å²) in [7, 11) is 0. The van der Waals surface area contributed by atoms with Crippen LogP contribution in [-0.4, -0.2) is 35.0 Å². The molecule has 0 saturated heterocycles. The number of nitrogens with two attached hydrogens (primary N) is 1. The van der Waals surface area contributed by atoms with Crippen LogP contribution in [0.15, 0.2) is 54.6 Å². The van der Waals surface area contributed by atoms with E-state index in [1.165, 1.54) is 22.3 Å². The highest BCUT2D eigenvalue weighted by Gasteiger charge is 2.31. The third-order valence-corrected chi connectivity index (χ3v) is 7.11. The molecule has 0 fully saturated rings. The number of aromatic hydroxyl groups is 1. The van der Waals surface area contributed by atoms with Crippen molar-refractivity contribution in [3.05, 3.63) is 93.5 Å². The van der Waals surface area contributed by atoms with Crippen LogP contribution in [0.1, 0.15) is 58.3 Å². The average molecular weight is 472 g/mol. The molecule has 5 heteroatoms. The van der Waals surface area contributed by atoms with Crippen LogP contribution in [0.4, 0.5) is 5.69 Å². The Labute approximate surface area is 209 Å². The second-order valence-corrected chi connectivity index (χ2v) is 9.81. The summed E-state index contributed by atoms with van der Waals surface area (Å²) >= 11 is 0. The van der Waals surface area contributed by atoms with Gasteiger partial charge in [-0.2, -0.15) is 0 Å². The molecular formula is C30H37N3O2. The molecule has 0 radical (unpaired) electrons. The van der Waals surface area contributed by atoms with Crippen molar-refractivity contribution < 1.29 is 9.90 Å². The first-order valence-corrected chi connectivity index (χ1v) is 12.5. The number of anilines is 1. The molecule has 184 valence electrons. The second-order valence-electron chi connectivity index (χ2n) is 9.81. The lowest BCUT2D eigenvalue weighted by Crippen LogP contribution is -2.47. The molecule has 1 heterocycles. The predicted molar refractivity (Wildman–Crippen MR) is 143 cm³/mol. The number of likely N-dealkylation sites (N-methyl/N-ethyl adjacent to an activating group) is 1. The van der Waals surface area contributed by atoms with Gasteiger partial charge in [0.15, 0.2) is 0 Å². The SMILES string of the molecule is CCN(C(=O)C(N)Cc1c(C)cc(C)cc1C)C1CCNc2ccc(Cc3cccc(O)c3)cc21. The number of hydrogen-bond donors (Lipinski definition) is 3. The van der Waals surface area contributed by atoms with E-state index >= 15 is 0 Å². The van der Waals surface area contributed by atoms with Crippen molar-refractivity contribution >= 4 is 11.6 Å². The summed E-state index contributed by atoms with van der Waals surface area (Å²) in [6.07, 6.45) is 2.11. The fourth-order valence-corrected chi connectivity index (χ4v) is 5.47. The van der Waals surface area contributed by atoms with E-state index in [-0.39, 0.29) is 17.7 Å². The Balaban J connectivity index is 1.57. The molecule has 0 spiro atoms. The molecule has 0 aliphatic carbocycles. The second kappa shape index (κ2) is 10.5. The number of phenols is 1. The number of aryl methyl sites for hydroxylation is 3. The van der Waals surface area contributed by atoms with Gasteiger partial charge < -0.3 is 21.1 Å². The highest BCUT2D eigenvalue weighted by atomic mass is 16.3. The Kier molecular flexibility index (Phi) is 7.46.